The number of fused-ring (bicyclic) bond motifs is 3. The van der Waals surface area contributed by atoms with Crippen molar-refractivity contribution in [2.75, 3.05) is 0 Å². The van der Waals surface area contributed by atoms with Crippen molar-refractivity contribution in [1.29, 1.82) is 0 Å². The van der Waals surface area contributed by atoms with E-state index in [9.17, 15) is 9.90 Å². The van der Waals surface area contributed by atoms with E-state index >= 15 is 0 Å². The Morgan fingerprint density at radius 2 is 2.47 bits per heavy atom. The zero-order valence-electron chi connectivity index (χ0n) is 7.91. The first-order chi connectivity index (χ1) is 7.16. The summed E-state index contributed by atoms with van der Waals surface area (Å²) in [5.74, 6) is 0. The van der Waals surface area contributed by atoms with Gasteiger partial charge in [-0.05, 0) is 6.42 Å². The van der Waals surface area contributed by atoms with Crippen molar-refractivity contribution in [1.82, 2.24) is 9.55 Å². The third-order valence-electron chi connectivity index (χ3n) is 3.07. The Balaban J connectivity index is 2.05. The second kappa shape index (κ2) is 2.80. The second-order valence-corrected chi connectivity index (χ2v) is 4.00. The number of nitrogens with two attached hydrogens (primary N) is 1. The summed E-state index contributed by atoms with van der Waals surface area (Å²) in [6.45, 7) is 0. The summed E-state index contributed by atoms with van der Waals surface area (Å²) in [7, 11) is 0. The first kappa shape index (κ1) is 8.87. The van der Waals surface area contributed by atoms with Crippen molar-refractivity contribution in [3.63, 3.8) is 0 Å². The smallest absolute Gasteiger partial charge is 0.300 e. The summed E-state index contributed by atoms with van der Waals surface area (Å²) in [6.07, 6.45) is 1.23. The van der Waals surface area contributed by atoms with Crippen LogP contribution in [-0.4, -0.2) is 32.9 Å². The van der Waals surface area contributed by atoms with Crippen molar-refractivity contribution >= 4 is 0 Å². The molecule has 15 heavy (non-hydrogen) atoms. The molecular formula is C9H11N3O3. The van der Waals surface area contributed by atoms with Gasteiger partial charge in [-0.15, -0.1) is 0 Å². The highest BCUT2D eigenvalue weighted by Gasteiger charge is 2.48. The van der Waals surface area contributed by atoms with E-state index < -0.39 is 6.10 Å². The first-order valence-corrected chi connectivity index (χ1v) is 4.86. The minimum atomic E-state index is -0.688. The molecule has 1 aliphatic heterocycles. The topological polar surface area (TPSA) is 90.4 Å². The molecule has 3 N–H and O–H groups in total. The number of hydrogen-bond donors (Lipinski definition) is 2. The van der Waals surface area contributed by atoms with Crippen molar-refractivity contribution in [3.05, 3.63) is 22.6 Å². The van der Waals surface area contributed by atoms with Gasteiger partial charge in [-0.3, -0.25) is 9.36 Å². The van der Waals surface area contributed by atoms with Gasteiger partial charge in [0, 0.05) is 18.3 Å². The van der Waals surface area contributed by atoms with Gasteiger partial charge in [-0.25, -0.2) is 0 Å². The van der Waals surface area contributed by atoms with Crippen LogP contribution in [0.3, 0.4) is 0 Å². The number of rotatable bonds is 0. The largest absolute Gasteiger partial charge is 0.456 e. The third kappa shape index (κ3) is 1.12. The molecule has 0 amide bonds. The molecular weight excluding hydrogens is 198 g/mol. The molecule has 6 heteroatoms. The number of aliphatic hydroxyl groups is 1. The van der Waals surface area contributed by atoms with Gasteiger partial charge in [-0.1, -0.05) is 0 Å². The number of aromatic nitrogens is 2. The van der Waals surface area contributed by atoms with E-state index in [1.807, 2.05) is 0 Å². The average Bonchev–Trinajstić information content (AvgIpc) is 2.66. The van der Waals surface area contributed by atoms with Crippen LogP contribution in [0.5, 0.6) is 6.01 Å². The lowest BCUT2D eigenvalue weighted by molar-refractivity contribution is 0.0546. The van der Waals surface area contributed by atoms with Gasteiger partial charge in [-0.2, -0.15) is 4.98 Å². The lowest BCUT2D eigenvalue weighted by atomic mass is 10.2. The van der Waals surface area contributed by atoms with Gasteiger partial charge in [0.05, 0.1) is 6.04 Å². The molecule has 6 nitrogen and oxygen atoms in total. The maximum absolute atomic E-state index is 11.0. The molecule has 80 valence electrons. The van der Waals surface area contributed by atoms with Crippen molar-refractivity contribution in [2.45, 2.75) is 30.7 Å². The number of hydrogen-bond acceptors (Lipinski definition) is 5. The molecule has 1 aliphatic carbocycles. The SMILES string of the molecule is N[C@@H]1C[C@@H]2[C@@H](Oc3nc(=O)ccn32)[C@@H]1O. The zero-order chi connectivity index (χ0) is 10.6. The third-order valence-corrected chi connectivity index (χ3v) is 3.07. The molecule has 1 saturated carbocycles. The van der Waals surface area contributed by atoms with E-state index in [0.29, 0.717) is 6.42 Å². The highest BCUT2D eigenvalue weighted by atomic mass is 16.5. The van der Waals surface area contributed by atoms with Crippen LogP contribution in [0.15, 0.2) is 17.1 Å². The fraction of sp³-hybridized carbons (Fsp3) is 0.556. The second-order valence-electron chi connectivity index (χ2n) is 4.00. The van der Waals surface area contributed by atoms with Crippen LogP contribution in [0, 0.1) is 0 Å². The molecule has 0 aromatic carbocycles. The molecule has 0 spiro atoms. The lowest BCUT2D eigenvalue weighted by Crippen LogP contribution is -2.37. The van der Waals surface area contributed by atoms with Gasteiger partial charge in [0.1, 0.15) is 6.10 Å². The minimum Gasteiger partial charge on any atom is -0.456 e. The highest BCUT2D eigenvalue weighted by Crippen LogP contribution is 2.39. The van der Waals surface area contributed by atoms with E-state index in [1.54, 1.807) is 10.8 Å². The van der Waals surface area contributed by atoms with Crippen molar-refractivity contribution < 1.29 is 9.84 Å². The molecule has 0 saturated heterocycles. The maximum atomic E-state index is 11.0. The predicted molar refractivity (Wildman–Crippen MR) is 50.5 cm³/mol. The Bertz CT molecular complexity index is 458. The normalized spacial score (nSPS) is 37.2. The van der Waals surface area contributed by atoms with Gasteiger partial charge < -0.3 is 15.6 Å². The van der Waals surface area contributed by atoms with Gasteiger partial charge in [0.15, 0.2) is 6.10 Å². The van der Waals surface area contributed by atoms with Crippen LogP contribution in [0.2, 0.25) is 0 Å². The average molecular weight is 209 g/mol. The summed E-state index contributed by atoms with van der Waals surface area (Å²) < 4.78 is 7.18. The monoisotopic (exact) mass is 209 g/mol. The van der Waals surface area contributed by atoms with Crippen LogP contribution in [0.25, 0.3) is 0 Å². The minimum absolute atomic E-state index is 0.00176. The summed E-state index contributed by atoms with van der Waals surface area (Å²) in [6, 6.07) is 1.39. The van der Waals surface area contributed by atoms with Crippen molar-refractivity contribution in [2.24, 2.45) is 5.73 Å². The molecule has 2 aliphatic rings. The van der Waals surface area contributed by atoms with E-state index in [1.165, 1.54) is 6.07 Å². The van der Waals surface area contributed by atoms with E-state index in [-0.39, 0.29) is 29.8 Å². The van der Waals surface area contributed by atoms with Crippen LogP contribution in [0.4, 0.5) is 0 Å². The first-order valence-electron chi connectivity index (χ1n) is 4.86. The standard InChI is InChI=1S/C9H11N3O3/c10-4-3-5-8(7(4)14)15-9-11-6(13)1-2-12(5)9/h1-2,4-5,7-8,14H,3,10H2/t4-,5-,7-,8-/m1/s1. The van der Waals surface area contributed by atoms with Crippen molar-refractivity contribution in [3.8, 4) is 6.01 Å². The predicted octanol–water partition coefficient (Wildman–Crippen LogP) is -1.36. The van der Waals surface area contributed by atoms with E-state index in [4.69, 9.17) is 10.5 Å². The highest BCUT2D eigenvalue weighted by molar-refractivity contribution is 5.14. The number of nitrogens with zero attached hydrogens (tertiary/aromatic N) is 2. The van der Waals surface area contributed by atoms with Crippen LogP contribution in [-0.2, 0) is 0 Å². The number of ether oxygens (including phenoxy) is 1. The van der Waals surface area contributed by atoms with E-state index in [0.717, 1.165) is 0 Å². The van der Waals surface area contributed by atoms with Crippen LogP contribution in [0.1, 0.15) is 12.5 Å². The lowest BCUT2D eigenvalue weighted by Gasteiger charge is -2.13. The zero-order valence-corrected chi connectivity index (χ0v) is 7.91. The number of aliphatic hydroxyl groups excluding tert-OH is 1. The molecule has 2 heterocycles. The maximum Gasteiger partial charge on any atom is 0.300 e. The Morgan fingerprint density at radius 3 is 3.27 bits per heavy atom. The van der Waals surface area contributed by atoms with Gasteiger partial charge in [0.2, 0.25) is 0 Å². The fourth-order valence-corrected chi connectivity index (χ4v) is 2.30. The van der Waals surface area contributed by atoms with Crippen LogP contribution >= 0.6 is 0 Å². The Kier molecular flexibility index (Phi) is 1.66. The fourth-order valence-electron chi connectivity index (χ4n) is 2.30. The van der Waals surface area contributed by atoms with Gasteiger partial charge in [0.25, 0.3) is 5.56 Å². The van der Waals surface area contributed by atoms with E-state index in [2.05, 4.69) is 4.98 Å². The Morgan fingerprint density at radius 1 is 1.67 bits per heavy atom. The van der Waals surface area contributed by atoms with Gasteiger partial charge >= 0.3 is 6.01 Å². The molecule has 0 bridgehead atoms. The molecule has 4 atom stereocenters. The Labute approximate surface area is 85.3 Å². The molecule has 0 unspecified atom stereocenters. The molecule has 3 rings (SSSR count). The molecule has 0 radical (unpaired) electrons. The quantitative estimate of drug-likeness (QED) is 0.550. The summed E-state index contributed by atoms with van der Waals surface area (Å²) >= 11 is 0. The summed E-state index contributed by atoms with van der Waals surface area (Å²) in [5, 5.41) is 9.74. The van der Waals surface area contributed by atoms with Crippen LogP contribution < -0.4 is 16.0 Å². The molecule has 1 aromatic heterocycles. The Hall–Kier alpha value is -1.40. The summed E-state index contributed by atoms with van der Waals surface area (Å²) in [5.41, 5.74) is 5.40. The molecule has 1 fully saturated rings. The summed E-state index contributed by atoms with van der Waals surface area (Å²) in [4.78, 5) is 14.7. The molecule has 1 aromatic rings.